The summed E-state index contributed by atoms with van der Waals surface area (Å²) in [6, 6.07) is 11.7. The molecule has 3 N–H and O–H groups in total. The highest BCUT2D eigenvalue weighted by molar-refractivity contribution is 9.10. The summed E-state index contributed by atoms with van der Waals surface area (Å²) in [5.74, 6) is 0.760. The number of nitrogens with zero attached hydrogens (tertiary/aromatic N) is 1. The molecule has 1 aromatic heterocycles. The molecule has 0 fully saturated rings. The van der Waals surface area contributed by atoms with Crippen LogP contribution < -0.4 is 11.1 Å². The normalized spacial score (nSPS) is 9.93. The fraction of sp³-hybridized carbons (Fsp3) is 0. The lowest BCUT2D eigenvalue weighted by molar-refractivity contribution is 1.29. The number of pyridine rings is 1. The first kappa shape index (κ1) is 9.98. The molecule has 2 aromatic rings. The van der Waals surface area contributed by atoms with E-state index in [0.29, 0.717) is 5.69 Å². The Morgan fingerprint density at radius 1 is 1.20 bits per heavy atom. The average molecular weight is 264 g/mol. The molecule has 0 unspecified atom stereocenters. The zero-order valence-electron chi connectivity index (χ0n) is 7.94. The Hall–Kier alpha value is -1.55. The lowest BCUT2D eigenvalue weighted by Gasteiger charge is -2.07. The summed E-state index contributed by atoms with van der Waals surface area (Å²) in [5.41, 5.74) is 7.24. The van der Waals surface area contributed by atoms with Crippen molar-refractivity contribution in [2.45, 2.75) is 0 Å². The fourth-order valence-electron chi connectivity index (χ4n) is 1.20. The van der Waals surface area contributed by atoms with Crippen LogP contribution in [0.15, 0.2) is 47.1 Å². The third-order valence-corrected chi connectivity index (χ3v) is 2.50. The van der Waals surface area contributed by atoms with Gasteiger partial charge in [0.25, 0.3) is 0 Å². The van der Waals surface area contributed by atoms with Crippen LogP contribution in [0, 0.1) is 0 Å². The summed E-state index contributed by atoms with van der Waals surface area (Å²) in [7, 11) is 0. The predicted molar refractivity (Wildman–Crippen MR) is 66.1 cm³/mol. The van der Waals surface area contributed by atoms with Crippen LogP contribution >= 0.6 is 15.9 Å². The minimum absolute atomic E-state index is 0.639. The molecular weight excluding hydrogens is 254 g/mol. The molecule has 0 bridgehead atoms. The van der Waals surface area contributed by atoms with Gasteiger partial charge in [0.05, 0.1) is 16.4 Å². The van der Waals surface area contributed by atoms with E-state index >= 15 is 0 Å². The summed E-state index contributed by atoms with van der Waals surface area (Å²) < 4.78 is 0.853. The Labute approximate surface area is 96.5 Å². The number of aromatic nitrogens is 1. The smallest absolute Gasteiger partial charge is 0.144 e. The molecule has 0 spiro atoms. The van der Waals surface area contributed by atoms with Crippen LogP contribution in [0.25, 0.3) is 0 Å². The van der Waals surface area contributed by atoms with Crippen molar-refractivity contribution < 1.29 is 0 Å². The van der Waals surface area contributed by atoms with E-state index in [0.717, 1.165) is 16.0 Å². The molecule has 1 heterocycles. The van der Waals surface area contributed by atoms with E-state index in [1.165, 1.54) is 0 Å². The number of rotatable bonds is 2. The summed E-state index contributed by atoms with van der Waals surface area (Å²) in [4.78, 5) is 4.19. The van der Waals surface area contributed by atoms with Crippen LogP contribution in [0.4, 0.5) is 17.2 Å². The first-order valence-electron chi connectivity index (χ1n) is 4.49. The van der Waals surface area contributed by atoms with E-state index < -0.39 is 0 Å². The van der Waals surface area contributed by atoms with Gasteiger partial charge in [0.15, 0.2) is 0 Å². The summed E-state index contributed by atoms with van der Waals surface area (Å²) in [6.45, 7) is 0. The second-order valence-corrected chi connectivity index (χ2v) is 3.94. The number of hydrogen-bond donors (Lipinski definition) is 2. The Kier molecular flexibility index (Phi) is 2.87. The van der Waals surface area contributed by atoms with Gasteiger partial charge in [-0.05, 0) is 34.1 Å². The van der Waals surface area contributed by atoms with E-state index in [1.807, 2.05) is 36.4 Å². The van der Waals surface area contributed by atoms with Crippen molar-refractivity contribution in [2.24, 2.45) is 0 Å². The molecule has 0 radical (unpaired) electrons. The van der Waals surface area contributed by atoms with Crippen molar-refractivity contribution in [3.8, 4) is 0 Å². The topological polar surface area (TPSA) is 50.9 Å². The van der Waals surface area contributed by atoms with Gasteiger partial charge < -0.3 is 11.1 Å². The Bertz CT molecular complexity index is 457. The van der Waals surface area contributed by atoms with Crippen LogP contribution in [0.2, 0.25) is 0 Å². The number of hydrogen-bond acceptors (Lipinski definition) is 3. The van der Waals surface area contributed by atoms with Gasteiger partial charge in [0.2, 0.25) is 0 Å². The second-order valence-electron chi connectivity index (χ2n) is 3.09. The fourth-order valence-corrected chi connectivity index (χ4v) is 1.67. The van der Waals surface area contributed by atoms with Gasteiger partial charge in [0.1, 0.15) is 5.82 Å². The van der Waals surface area contributed by atoms with Crippen molar-refractivity contribution in [1.29, 1.82) is 0 Å². The van der Waals surface area contributed by atoms with Crippen molar-refractivity contribution in [1.82, 2.24) is 4.98 Å². The van der Waals surface area contributed by atoms with Crippen LogP contribution in [-0.4, -0.2) is 4.98 Å². The van der Waals surface area contributed by atoms with Crippen LogP contribution in [0.1, 0.15) is 0 Å². The number of halogens is 1. The zero-order valence-corrected chi connectivity index (χ0v) is 9.53. The van der Waals surface area contributed by atoms with Crippen LogP contribution in [0.5, 0.6) is 0 Å². The third-order valence-electron chi connectivity index (χ3n) is 1.90. The molecule has 0 aliphatic carbocycles. The largest absolute Gasteiger partial charge is 0.397 e. The molecule has 15 heavy (non-hydrogen) atoms. The molecule has 0 amide bonds. The van der Waals surface area contributed by atoms with Crippen molar-refractivity contribution in [3.05, 3.63) is 47.1 Å². The summed E-state index contributed by atoms with van der Waals surface area (Å²) in [6.07, 6.45) is 1.62. The van der Waals surface area contributed by atoms with E-state index in [4.69, 9.17) is 5.73 Å². The lowest BCUT2D eigenvalue weighted by atomic mass is 10.3. The minimum atomic E-state index is 0.639. The van der Waals surface area contributed by atoms with Gasteiger partial charge >= 0.3 is 0 Å². The number of nitrogens with one attached hydrogen (secondary N) is 1. The minimum Gasteiger partial charge on any atom is -0.397 e. The maximum Gasteiger partial charge on any atom is 0.144 e. The van der Waals surface area contributed by atoms with Gasteiger partial charge in [-0.2, -0.15) is 0 Å². The highest BCUT2D eigenvalue weighted by Crippen LogP contribution is 2.24. The van der Waals surface area contributed by atoms with Crippen LogP contribution in [0.3, 0.4) is 0 Å². The van der Waals surface area contributed by atoms with Gasteiger partial charge in [-0.25, -0.2) is 4.98 Å². The number of nitrogens with two attached hydrogens (primary N) is 1. The highest BCUT2D eigenvalue weighted by Gasteiger charge is 2.01. The molecule has 0 aliphatic rings. The highest BCUT2D eigenvalue weighted by atomic mass is 79.9. The van der Waals surface area contributed by atoms with E-state index in [9.17, 15) is 0 Å². The SMILES string of the molecule is Nc1cnc(Nc2ccccc2)c(Br)c1. The number of nitrogen functional groups attached to an aromatic ring is 1. The molecular formula is C11H10BrN3. The number of para-hydroxylation sites is 1. The first-order chi connectivity index (χ1) is 7.25. The van der Waals surface area contributed by atoms with Crippen LogP contribution in [-0.2, 0) is 0 Å². The Balaban J connectivity index is 2.25. The Morgan fingerprint density at radius 2 is 1.93 bits per heavy atom. The molecule has 4 heteroatoms. The second kappa shape index (κ2) is 4.31. The quantitative estimate of drug-likeness (QED) is 0.875. The average Bonchev–Trinajstić information content (AvgIpc) is 2.24. The molecule has 0 atom stereocenters. The maximum atomic E-state index is 5.60. The summed E-state index contributed by atoms with van der Waals surface area (Å²) in [5, 5.41) is 3.19. The number of benzene rings is 1. The first-order valence-corrected chi connectivity index (χ1v) is 5.28. The predicted octanol–water partition coefficient (Wildman–Crippen LogP) is 3.17. The molecule has 0 aliphatic heterocycles. The molecule has 0 saturated heterocycles. The molecule has 2 rings (SSSR count). The van der Waals surface area contributed by atoms with E-state index in [-0.39, 0.29) is 0 Å². The molecule has 3 nitrogen and oxygen atoms in total. The number of anilines is 3. The van der Waals surface area contributed by atoms with E-state index in [2.05, 4.69) is 26.2 Å². The van der Waals surface area contributed by atoms with Crippen molar-refractivity contribution in [2.75, 3.05) is 11.1 Å². The monoisotopic (exact) mass is 263 g/mol. The standard InChI is InChI=1S/C11H10BrN3/c12-10-6-8(13)7-14-11(10)15-9-4-2-1-3-5-9/h1-7H,13H2,(H,14,15). The lowest BCUT2D eigenvalue weighted by Crippen LogP contribution is -1.95. The summed E-state index contributed by atoms with van der Waals surface area (Å²) >= 11 is 3.40. The van der Waals surface area contributed by atoms with Gasteiger partial charge in [-0.1, -0.05) is 18.2 Å². The Morgan fingerprint density at radius 3 is 2.60 bits per heavy atom. The van der Waals surface area contributed by atoms with Gasteiger partial charge in [0, 0.05) is 5.69 Å². The van der Waals surface area contributed by atoms with Gasteiger partial charge in [-0.3, -0.25) is 0 Å². The molecule has 76 valence electrons. The van der Waals surface area contributed by atoms with Crippen molar-refractivity contribution >= 4 is 33.1 Å². The molecule has 1 aromatic carbocycles. The molecule has 0 saturated carbocycles. The maximum absolute atomic E-state index is 5.60. The zero-order chi connectivity index (χ0) is 10.7. The van der Waals surface area contributed by atoms with E-state index in [1.54, 1.807) is 6.20 Å². The van der Waals surface area contributed by atoms with Gasteiger partial charge in [-0.15, -0.1) is 0 Å². The van der Waals surface area contributed by atoms with Crippen molar-refractivity contribution in [3.63, 3.8) is 0 Å². The third kappa shape index (κ3) is 2.47.